The number of rotatable bonds is 5. The maximum absolute atomic E-state index is 9.16. The van der Waals surface area contributed by atoms with Crippen molar-refractivity contribution >= 4 is 10.9 Å². The Hall–Kier alpha value is -1.79. The number of aryl methyl sites for hydroxylation is 1. The largest absolute Gasteiger partial charge is 0.344 e. The number of hydrogen-bond donors (Lipinski definition) is 0. The molecule has 1 aromatic carbocycles. The summed E-state index contributed by atoms with van der Waals surface area (Å²) >= 11 is 0. The minimum absolute atomic E-state index is 0.387. The summed E-state index contributed by atoms with van der Waals surface area (Å²) in [7, 11) is 4.52. The smallest absolute Gasteiger partial charge is 0.0991 e. The maximum Gasteiger partial charge on any atom is 0.0991 e. The lowest BCUT2D eigenvalue weighted by molar-refractivity contribution is 0.0712. The van der Waals surface area contributed by atoms with Gasteiger partial charge in [-0.2, -0.15) is 5.26 Å². The Morgan fingerprint density at radius 3 is 2.60 bits per heavy atom. The number of nitriles is 1. The first-order chi connectivity index (χ1) is 12.0. The van der Waals surface area contributed by atoms with Crippen LogP contribution in [0, 0.1) is 18.3 Å². The first-order valence-electron chi connectivity index (χ1n) is 9.69. The lowest BCUT2D eigenvalue weighted by Crippen LogP contribution is -2.47. The molecule has 0 N–H and O–H groups in total. The Balaban J connectivity index is 1.83. The van der Waals surface area contributed by atoms with Crippen molar-refractivity contribution in [2.45, 2.75) is 70.4 Å². The van der Waals surface area contributed by atoms with Gasteiger partial charge in [-0.3, -0.25) is 0 Å². The summed E-state index contributed by atoms with van der Waals surface area (Å²) in [6.45, 7) is 4.45. The summed E-state index contributed by atoms with van der Waals surface area (Å²) in [5.41, 5.74) is 3.71. The van der Waals surface area contributed by atoms with E-state index in [2.05, 4.69) is 55.7 Å². The van der Waals surface area contributed by atoms with E-state index in [1.54, 1.807) is 0 Å². The zero-order chi connectivity index (χ0) is 18.0. The molecule has 1 aromatic heterocycles. The van der Waals surface area contributed by atoms with Gasteiger partial charge in [0.05, 0.1) is 11.6 Å². The molecule has 3 heteroatoms. The highest BCUT2D eigenvalue weighted by Gasteiger charge is 2.37. The average molecular weight is 338 g/mol. The van der Waals surface area contributed by atoms with Crippen LogP contribution >= 0.6 is 0 Å². The molecule has 1 fully saturated rings. The van der Waals surface area contributed by atoms with Crippen molar-refractivity contribution in [2.24, 2.45) is 0 Å². The molecular weight excluding hydrogens is 306 g/mol. The van der Waals surface area contributed by atoms with Gasteiger partial charge in [0, 0.05) is 28.7 Å². The molecule has 0 bridgehead atoms. The normalized spacial score (nSPS) is 23.9. The van der Waals surface area contributed by atoms with Crippen molar-refractivity contribution < 1.29 is 0 Å². The number of benzene rings is 1. The van der Waals surface area contributed by atoms with Crippen molar-refractivity contribution in [1.82, 2.24) is 9.47 Å². The monoisotopic (exact) mass is 337 g/mol. The van der Waals surface area contributed by atoms with Gasteiger partial charge in [0.25, 0.3) is 0 Å². The molecule has 0 unspecified atom stereocenters. The van der Waals surface area contributed by atoms with E-state index in [9.17, 15) is 0 Å². The van der Waals surface area contributed by atoms with Crippen molar-refractivity contribution in [3.8, 4) is 6.07 Å². The van der Waals surface area contributed by atoms with E-state index < -0.39 is 0 Å². The fraction of sp³-hybridized carbons (Fsp3) is 0.591. The van der Waals surface area contributed by atoms with E-state index in [1.807, 2.05) is 12.1 Å². The highest BCUT2D eigenvalue weighted by Crippen LogP contribution is 2.42. The van der Waals surface area contributed by atoms with Gasteiger partial charge in [-0.25, -0.2) is 0 Å². The van der Waals surface area contributed by atoms with E-state index in [4.69, 9.17) is 5.26 Å². The van der Waals surface area contributed by atoms with Crippen LogP contribution in [0.1, 0.15) is 69.0 Å². The van der Waals surface area contributed by atoms with Crippen molar-refractivity contribution in [1.29, 1.82) is 5.26 Å². The predicted octanol–water partition coefficient (Wildman–Crippen LogP) is 5.43. The highest BCUT2D eigenvalue weighted by atomic mass is 15.1. The number of fused-ring (bicyclic) bond motifs is 1. The number of hydrogen-bond acceptors (Lipinski definition) is 2. The SMILES string of the molecule is CCCCC1(N(C)C)CCC(n2cc(C)c3cc(C#N)ccc32)CC1. The predicted molar refractivity (Wildman–Crippen MR) is 105 cm³/mol. The minimum Gasteiger partial charge on any atom is -0.344 e. The Labute approximate surface area is 152 Å². The van der Waals surface area contributed by atoms with Gasteiger partial charge in [0.1, 0.15) is 0 Å². The Bertz CT molecular complexity index is 770. The summed E-state index contributed by atoms with van der Waals surface area (Å²) in [5.74, 6) is 0. The molecule has 1 heterocycles. The van der Waals surface area contributed by atoms with Crippen LogP contribution in [0.5, 0.6) is 0 Å². The highest BCUT2D eigenvalue weighted by molar-refractivity contribution is 5.85. The fourth-order valence-corrected chi connectivity index (χ4v) is 4.64. The van der Waals surface area contributed by atoms with Crippen LogP contribution in [0.4, 0.5) is 0 Å². The molecule has 0 spiro atoms. The van der Waals surface area contributed by atoms with E-state index in [1.165, 1.54) is 61.4 Å². The second-order valence-corrected chi connectivity index (χ2v) is 8.02. The lowest BCUT2D eigenvalue weighted by atomic mass is 9.75. The van der Waals surface area contributed by atoms with Gasteiger partial charge in [0.2, 0.25) is 0 Å². The van der Waals surface area contributed by atoms with Gasteiger partial charge >= 0.3 is 0 Å². The molecule has 1 saturated carbocycles. The maximum atomic E-state index is 9.16. The molecule has 0 atom stereocenters. The van der Waals surface area contributed by atoms with Crippen LogP contribution in [0.2, 0.25) is 0 Å². The third-order valence-electron chi connectivity index (χ3n) is 6.38. The Morgan fingerprint density at radius 1 is 1.28 bits per heavy atom. The van der Waals surface area contributed by atoms with Gasteiger partial charge in [0.15, 0.2) is 0 Å². The number of aromatic nitrogens is 1. The number of nitrogens with zero attached hydrogens (tertiary/aromatic N) is 3. The quantitative estimate of drug-likeness (QED) is 0.729. The molecule has 3 rings (SSSR count). The third kappa shape index (κ3) is 3.33. The first-order valence-corrected chi connectivity index (χ1v) is 9.69. The van der Waals surface area contributed by atoms with Crippen LogP contribution in [-0.4, -0.2) is 29.1 Å². The van der Waals surface area contributed by atoms with Gasteiger partial charge in [-0.05, 0) is 76.9 Å². The zero-order valence-corrected chi connectivity index (χ0v) is 16.2. The number of unbranched alkanes of at least 4 members (excludes halogenated alkanes) is 1. The summed E-state index contributed by atoms with van der Waals surface area (Å²) < 4.78 is 2.48. The van der Waals surface area contributed by atoms with Crippen LogP contribution in [0.3, 0.4) is 0 Å². The molecule has 1 aliphatic carbocycles. The van der Waals surface area contributed by atoms with Gasteiger partial charge in [-0.1, -0.05) is 19.8 Å². The van der Waals surface area contributed by atoms with E-state index >= 15 is 0 Å². The van der Waals surface area contributed by atoms with Gasteiger partial charge in [-0.15, -0.1) is 0 Å². The molecule has 0 radical (unpaired) electrons. The molecule has 0 saturated heterocycles. The van der Waals surface area contributed by atoms with E-state index in [0.717, 1.165) is 5.56 Å². The Morgan fingerprint density at radius 2 is 2.00 bits per heavy atom. The fourth-order valence-electron chi connectivity index (χ4n) is 4.64. The van der Waals surface area contributed by atoms with Crippen LogP contribution < -0.4 is 0 Å². The summed E-state index contributed by atoms with van der Waals surface area (Å²) in [5, 5.41) is 10.4. The molecule has 134 valence electrons. The molecule has 25 heavy (non-hydrogen) atoms. The standard InChI is InChI=1S/C22H31N3/c1-5-6-11-22(24(3)4)12-9-19(10-13-22)25-16-17(2)20-14-18(15-23)7-8-21(20)25/h7-8,14,16,19H,5-6,9-13H2,1-4H3. The molecule has 0 aliphatic heterocycles. The zero-order valence-electron chi connectivity index (χ0n) is 16.2. The topological polar surface area (TPSA) is 32.0 Å². The van der Waals surface area contributed by atoms with Crippen molar-refractivity contribution in [2.75, 3.05) is 14.1 Å². The molecule has 2 aromatic rings. The van der Waals surface area contributed by atoms with Crippen molar-refractivity contribution in [3.63, 3.8) is 0 Å². The molecule has 3 nitrogen and oxygen atoms in total. The van der Waals surface area contributed by atoms with Crippen molar-refractivity contribution in [3.05, 3.63) is 35.5 Å². The van der Waals surface area contributed by atoms with Crippen LogP contribution in [-0.2, 0) is 0 Å². The first kappa shape index (κ1) is 18.0. The average Bonchev–Trinajstić information content (AvgIpc) is 2.96. The van der Waals surface area contributed by atoms with Gasteiger partial charge < -0.3 is 9.47 Å². The summed E-state index contributed by atoms with van der Waals surface area (Å²) in [4.78, 5) is 2.48. The molecule has 1 aliphatic rings. The molecular formula is C22H31N3. The van der Waals surface area contributed by atoms with Crippen LogP contribution in [0.25, 0.3) is 10.9 Å². The second-order valence-electron chi connectivity index (χ2n) is 8.02. The summed E-state index contributed by atoms with van der Waals surface area (Å²) in [6.07, 6.45) is 11.3. The van der Waals surface area contributed by atoms with E-state index in [-0.39, 0.29) is 0 Å². The van der Waals surface area contributed by atoms with Crippen LogP contribution in [0.15, 0.2) is 24.4 Å². The third-order valence-corrected chi connectivity index (χ3v) is 6.38. The Kier molecular flexibility index (Phi) is 5.20. The minimum atomic E-state index is 0.387. The molecule has 0 amide bonds. The second kappa shape index (κ2) is 7.22. The van der Waals surface area contributed by atoms with E-state index in [0.29, 0.717) is 11.6 Å². The summed E-state index contributed by atoms with van der Waals surface area (Å²) in [6, 6.07) is 8.96. The lowest BCUT2D eigenvalue weighted by Gasteiger charge is -2.46.